The van der Waals surface area contributed by atoms with Gasteiger partial charge in [-0.2, -0.15) is 11.3 Å². The number of methoxy groups -OCH3 is 3. The smallest absolute Gasteiger partial charge is 0.256 e. The summed E-state index contributed by atoms with van der Waals surface area (Å²) in [6.07, 6.45) is 0. The number of anilines is 2. The molecule has 10 heteroatoms. The van der Waals surface area contributed by atoms with Crippen molar-refractivity contribution in [1.29, 1.82) is 0 Å². The third kappa shape index (κ3) is 5.02. The molecule has 3 N–H and O–H groups in total. The van der Waals surface area contributed by atoms with Gasteiger partial charge < -0.3 is 29.8 Å². The quantitative estimate of drug-likeness (QED) is 0.234. The number of aromatic amines is 1. The van der Waals surface area contributed by atoms with Crippen molar-refractivity contribution in [2.75, 3.05) is 32.0 Å². The highest BCUT2D eigenvalue weighted by Gasteiger charge is 2.17. The highest BCUT2D eigenvalue weighted by molar-refractivity contribution is 7.08. The average Bonchev–Trinajstić information content (AvgIpc) is 3.63. The van der Waals surface area contributed by atoms with Crippen molar-refractivity contribution in [3.63, 3.8) is 0 Å². The summed E-state index contributed by atoms with van der Waals surface area (Å²) < 4.78 is 16.0. The second-order valence-electron chi connectivity index (χ2n) is 8.23. The number of carbonyl (C=O) groups is 2. The average molecular weight is 529 g/mol. The Morgan fingerprint density at radius 1 is 0.789 bits per heavy atom. The van der Waals surface area contributed by atoms with Gasteiger partial charge in [-0.1, -0.05) is 0 Å². The fourth-order valence-corrected chi connectivity index (χ4v) is 4.58. The SMILES string of the molecule is COc1cc(C(=O)Nc2ccc(-c3nc4ccc(NC(=O)c5ccsc5)cc4[nH]3)cc2)cc(OC)c1OC. The summed E-state index contributed by atoms with van der Waals surface area (Å²) >= 11 is 1.47. The second-order valence-corrected chi connectivity index (χ2v) is 9.01. The Hall–Kier alpha value is -4.83. The molecule has 5 rings (SSSR count). The van der Waals surface area contributed by atoms with Crippen molar-refractivity contribution in [3.05, 3.63) is 82.6 Å². The van der Waals surface area contributed by atoms with Crippen LogP contribution >= 0.6 is 11.3 Å². The molecule has 0 bridgehead atoms. The van der Waals surface area contributed by atoms with E-state index in [1.807, 2.05) is 35.7 Å². The van der Waals surface area contributed by atoms with E-state index in [0.29, 0.717) is 45.6 Å². The van der Waals surface area contributed by atoms with Crippen LogP contribution in [0.4, 0.5) is 11.4 Å². The first kappa shape index (κ1) is 24.8. The van der Waals surface area contributed by atoms with E-state index in [0.717, 1.165) is 16.6 Å². The van der Waals surface area contributed by atoms with Crippen LogP contribution < -0.4 is 24.8 Å². The number of aromatic nitrogens is 2. The van der Waals surface area contributed by atoms with Gasteiger partial charge in [-0.3, -0.25) is 9.59 Å². The molecule has 0 aliphatic carbocycles. The van der Waals surface area contributed by atoms with Crippen molar-refractivity contribution in [2.24, 2.45) is 0 Å². The number of rotatable bonds is 8. The van der Waals surface area contributed by atoms with Crippen molar-refractivity contribution in [3.8, 4) is 28.6 Å². The van der Waals surface area contributed by atoms with Crippen molar-refractivity contribution < 1.29 is 23.8 Å². The van der Waals surface area contributed by atoms with Gasteiger partial charge in [-0.15, -0.1) is 0 Å². The fraction of sp³-hybridized carbons (Fsp3) is 0.107. The Bertz CT molecular complexity index is 1590. The molecule has 0 unspecified atom stereocenters. The standard InChI is InChI=1S/C28H24N4O5S/c1-35-23-12-18(13-24(36-2)25(23)37-3)28(34)29-19-6-4-16(5-7-19)26-31-21-9-8-20(14-22(21)32-26)30-27(33)17-10-11-38-15-17/h4-15H,1-3H3,(H,29,34)(H,30,33)(H,31,32). The zero-order valence-corrected chi connectivity index (χ0v) is 21.6. The molecule has 5 aromatic rings. The van der Waals surface area contributed by atoms with Gasteiger partial charge in [0.1, 0.15) is 5.82 Å². The van der Waals surface area contributed by atoms with Gasteiger partial charge in [-0.05, 0) is 66.0 Å². The molecule has 2 amide bonds. The van der Waals surface area contributed by atoms with Crippen LogP contribution in [0.15, 0.2) is 71.4 Å². The number of ether oxygens (including phenoxy) is 3. The molecule has 0 saturated heterocycles. The minimum Gasteiger partial charge on any atom is -0.493 e. The number of hydrogen-bond acceptors (Lipinski definition) is 7. The van der Waals surface area contributed by atoms with Gasteiger partial charge in [0.25, 0.3) is 11.8 Å². The maximum absolute atomic E-state index is 12.9. The van der Waals surface area contributed by atoms with Crippen molar-refractivity contribution in [1.82, 2.24) is 9.97 Å². The van der Waals surface area contributed by atoms with E-state index in [9.17, 15) is 9.59 Å². The lowest BCUT2D eigenvalue weighted by molar-refractivity contribution is 0.101. The number of H-pyrrole nitrogens is 1. The Kier molecular flexibility index (Phi) is 6.96. The summed E-state index contributed by atoms with van der Waals surface area (Å²) in [5, 5.41) is 9.45. The molecule has 2 aromatic heterocycles. The van der Waals surface area contributed by atoms with Gasteiger partial charge in [0.15, 0.2) is 11.5 Å². The normalized spacial score (nSPS) is 10.7. The molecule has 0 fully saturated rings. The van der Waals surface area contributed by atoms with Crippen LogP contribution in [-0.2, 0) is 0 Å². The van der Waals surface area contributed by atoms with Gasteiger partial charge >= 0.3 is 0 Å². The molecule has 192 valence electrons. The van der Waals surface area contributed by atoms with Gasteiger partial charge in [0, 0.05) is 27.9 Å². The van der Waals surface area contributed by atoms with Crippen LogP contribution in [-0.4, -0.2) is 43.1 Å². The Labute approximate surface area is 222 Å². The number of nitrogens with zero attached hydrogens (tertiary/aromatic N) is 1. The van der Waals surface area contributed by atoms with Gasteiger partial charge in [0.05, 0.1) is 37.9 Å². The first-order valence-electron chi connectivity index (χ1n) is 11.5. The van der Waals surface area contributed by atoms with Crippen LogP contribution in [0.25, 0.3) is 22.4 Å². The maximum atomic E-state index is 12.9. The molecule has 0 atom stereocenters. The van der Waals surface area contributed by atoms with Crippen LogP contribution in [0.1, 0.15) is 20.7 Å². The number of benzene rings is 3. The zero-order chi connectivity index (χ0) is 26.6. The van der Waals surface area contributed by atoms with Crippen molar-refractivity contribution >= 4 is 45.6 Å². The van der Waals surface area contributed by atoms with Crippen LogP contribution in [0.2, 0.25) is 0 Å². The van der Waals surface area contributed by atoms with Crippen LogP contribution in [0.3, 0.4) is 0 Å². The van der Waals surface area contributed by atoms with E-state index >= 15 is 0 Å². The number of thiophene rings is 1. The molecule has 38 heavy (non-hydrogen) atoms. The third-order valence-corrected chi connectivity index (χ3v) is 6.55. The predicted octanol–water partition coefficient (Wildman–Crippen LogP) is 5.82. The summed E-state index contributed by atoms with van der Waals surface area (Å²) in [5.41, 5.74) is 4.68. The molecule has 3 aromatic carbocycles. The molecular formula is C28H24N4O5S. The molecule has 0 spiro atoms. The van der Waals surface area contributed by atoms with Crippen molar-refractivity contribution in [2.45, 2.75) is 0 Å². The summed E-state index contributed by atoms with van der Waals surface area (Å²) in [7, 11) is 4.50. The first-order chi connectivity index (χ1) is 18.5. The van der Waals surface area contributed by atoms with E-state index < -0.39 is 0 Å². The zero-order valence-electron chi connectivity index (χ0n) is 20.8. The number of hydrogen-bond donors (Lipinski definition) is 3. The summed E-state index contributed by atoms with van der Waals surface area (Å²) in [6.45, 7) is 0. The van der Waals surface area contributed by atoms with E-state index in [-0.39, 0.29) is 11.8 Å². The second kappa shape index (κ2) is 10.7. The molecule has 2 heterocycles. The lowest BCUT2D eigenvalue weighted by Gasteiger charge is -2.14. The number of nitrogens with one attached hydrogen (secondary N) is 3. The Morgan fingerprint density at radius 2 is 1.45 bits per heavy atom. The van der Waals surface area contributed by atoms with Gasteiger partial charge in [0.2, 0.25) is 5.75 Å². The molecule has 9 nitrogen and oxygen atoms in total. The lowest BCUT2D eigenvalue weighted by Crippen LogP contribution is -2.12. The monoisotopic (exact) mass is 528 g/mol. The minimum absolute atomic E-state index is 0.158. The summed E-state index contributed by atoms with van der Waals surface area (Å²) in [4.78, 5) is 33.2. The molecular weight excluding hydrogens is 504 g/mol. The Balaban J connectivity index is 1.31. The van der Waals surface area contributed by atoms with E-state index in [2.05, 4.69) is 20.6 Å². The lowest BCUT2D eigenvalue weighted by atomic mass is 10.1. The third-order valence-electron chi connectivity index (χ3n) is 5.87. The Morgan fingerprint density at radius 3 is 2.08 bits per heavy atom. The maximum Gasteiger partial charge on any atom is 0.256 e. The topological polar surface area (TPSA) is 115 Å². The van der Waals surface area contributed by atoms with Gasteiger partial charge in [-0.25, -0.2) is 4.98 Å². The van der Waals surface area contributed by atoms with Crippen LogP contribution in [0, 0.1) is 0 Å². The number of imidazole rings is 1. The van der Waals surface area contributed by atoms with E-state index in [1.165, 1.54) is 32.7 Å². The predicted molar refractivity (Wildman–Crippen MR) is 148 cm³/mol. The fourth-order valence-electron chi connectivity index (χ4n) is 3.95. The minimum atomic E-state index is -0.322. The highest BCUT2D eigenvalue weighted by atomic mass is 32.1. The van der Waals surface area contributed by atoms with E-state index in [4.69, 9.17) is 14.2 Å². The molecule has 0 radical (unpaired) electrons. The molecule has 0 aliphatic heterocycles. The molecule has 0 aliphatic rings. The highest BCUT2D eigenvalue weighted by Crippen LogP contribution is 2.38. The number of fused-ring (bicyclic) bond motifs is 1. The summed E-state index contributed by atoms with van der Waals surface area (Å²) in [6, 6.07) is 17.8. The largest absolute Gasteiger partial charge is 0.493 e. The number of carbonyl (C=O) groups excluding carboxylic acids is 2. The number of amides is 2. The first-order valence-corrected chi connectivity index (χ1v) is 12.5. The van der Waals surface area contributed by atoms with Crippen LogP contribution in [0.5, 0.6) is 17.2 Å². The molecule has 0 saturated carbocycles. The summed E-state index contributed by atoms with van der Waals surface area (Å²) in [5.74, 6) is 1.40. The van der Waals surface area contributed by atoms with E-state index in [1.54, 1.807) is 35.7 Å².